The molecule has 1 atom stereocenters. The van der Waals surface area contributed by atoms with Crippen molar-refractivity contribution < 1.29 is 14.3 Å². The number of amides is 1. The molecule has 2 heterocycles. The van der Waals surface area contributed by atoms with E-state index in [2.05, 4.69) is 0 Å². The van der Waals surface area contributed by atoms with Crippen molar-refractivity contribution in [3.05, 3.63) is 93.7 Å². The van der Waals surface area contributed by atoms with Gasteiger partial charge in [-0.3, -0.25) is 4.79 Å². The molecule has 0 spiro atoms. The highest BCUT2D eigenvalue weighted by molar-refractivity contribution is 8.16. The summed E-state index contributed by atoms with van der Waals surface area (Å²) in [6.07, 6.45) is -0.0367. The van der Waals surface area contributed by atoms with Gasteiger partial charge in [0.1, 0.15) is 0 Å². The highest BCUT2D eigenvalue weighted by Crippen LogP contribution is 2.45. The van der Waals surface area contributed by atoms with E-state index in [9.17, 15) is 9.59 Å². The Hall–Kier alpha value is -3.32. The van der Waals surface area contributed by atoms with Gasteiger partial charge in [0.15, 0.2) is 5.17 Å². The van der Waals surface area contributed by atoms with Crippen LogP contribution < -0.4 is 0 Å². The highest BCUT2D eigenvalue weighted by atomic mass is 32.2. The second-order valence-corrected chi connectivity index (χ2v) is 9.95. The Kier molecular flexibility index (Phi) is 7.45. The third-order valence-electron chi connectivity index (χ3n) is 6.07. The van der Waals surface area contributed by atoms with Crippen LogP contribution in [-0.2, 0) is 20.9 Å². The molecule has 4 rings (SSSR count). The standard InChI is InChI=1S/C28H31N3O3S/c1-18(2)34-27(33)25-20(4)29-28-31(26(25)23-14-10-9-11-19(23)3)22(17-35-28)15-24(32)30(5)16-21-12-7-6-8-13-21/h6-14,17-18,26H,15-16H2,1-5H3/t26-/m0/s1. The molecular formula is C28H31N3O3S. The number of benzene rings is 2. The summed E-state index contributed by atoms with van der Waals surface area (Å²) in [4.78, 5) is 35.0. The number of nitrogens with zero attached hydrogens (tertiary/aromatic N) is 3. The van der Waals surface area contributed by atoms with Crippen LogP contribution in [-0.4, -0.2) is 40.0 Å². The van der Waals surface area contributed by atoms with Gasteiger partial charge in [0, 0.05) is 19.3 Å². The summed E-state index contributed by atoms with van der Waals surface area (Å²) in [5.74, 6) is -0.375. The third-order valence-corrected chi connectivity index (χ3v) is 6.96. The maximum atomic E-state index is 13.3. The second kappa shape index (κ2) is 10.5. The summed E-state index contributed by atoms with van der Waals surface area (Å²) in [6, 6.07) is 17.5. The van der Waals surface area contributed by atoms with E-state index in [1.807, 2.05) is 99.6 Å². The first kappa shape index (κ1) is 24.8. The van der Waals surface area contributed by atoms with Crippen LogP contribution in [0, 0.1) is 6.92 Å². The van der Waals surface area contributed by atoms with Gasteiger partial charge in [-0.05, 0) is 49.8 Å². The molecule has 7 heteroatoms. The lowest BCUT2D eigenvalue weighted by molar-refractivity contribution is -0.143. The first-order valence-corrected chi connectivity index (χ1v) is 12.6. The second-order valence-electron chi connectivity index (χ2n) is 9.12. The van der Waals surface area contributed by atoms with E-state index < -0.39 is 6.04 Å². The molecule has 6 nitrogen and oxygen atoms in total. The molecule has 0 bridgehead atoms. The fourth-order valence-electron chi connectivity index (χ4n) is 4.33. The van der Waals surface area contributed by atoms with Crippen LogP contribution in [0.5, 0.6) is 0 Å². The number of fused-ring (bicyclic) bond motifs is 1. The number of ether oxygens (including phenoxy) is 1. The average Bonchev–Trinajstić information content (AvgIpc) is 3.20. The van der Waals surface area contributed by atoms with Crippen LogP contribution >= 0.6 is 11.8 Å². The van der Waals surface area contributed by atoms with E-state index in [4.69, 9.17) is 9.73 Å². The normalized spacial score (nSPS) is 17.2. The molecular weight excluding hydrogens is 458 g/mol. The molecule has 0 N–H and O–H groups in total. The first-order valence-electron chi connectivity index (χ1n) is 11.7. The maximum absolute atomic E-state index is 13.3. The van der Waals surface area contributed by atoms with Gasteiger partial charge in [-0.15, -0.1) is 0 Å². The fraction of sp³-hybridized carbons (Fsp3) is 0.321. The lowest BCUT2D eigenvalue weighted by Crippen LogP contribution is -2.38. The van der Waals surface area contributed by atoms with Crippen LogP contribution in [0.1, 0.15) is 49.9 Å². The summed E-state index contributed by atoms with van der Waals surface area (Å²) in [6.45, 7) is 8.10. The number of esters is 1. The molecule has 1 amide bonds. The van der Waals surface area contributed by atoms with Crippen molar-refractivity contribution in [2.45, 2.75) is 52.8 Å². The third kappa shape index (κ3) is 5.35. The van der Waals surface area contributed by atoms with E-state index in [0.29, 0.717) is 17.8 Å². The van der Waals surface area contributed by atoms with Crippen molar-refractivity contribution in [2.75, 3.05) is 7.05 Å². The molecule has 182 valence electrons. The Bertz CT molecular complexity index is 1220. The topological polar surface area (TPSA) is 62.2 Å². The monoisotopic (exact) mass is 489 g/mol. The number of allylic oxidation sites excluding steroid dienone is 1. The van der Waals surface area contributed by atoms with Gasteiger partial charge in [0.2, 0.25) is 5.91 Å². The molecule has 0 saturated heterocycles. The molecule has 2 aliphatic heterocycles. The predicted octanol–water partition coefficient (Wildman–Crippen LogP) is 5.57. The Morgan fingerprint density at radius 3 is 2.46 bits per heavy atom. The summed E-state index contributed by atoms with van der Waals surface area (Å²) in [7, 11) is 1.82. The number of hydrogen-bond acceptors (Lipinski definition) is 6. The highest BCUT2D eigenvalue weighted by Gasteiger charge is 2.42. The fourth-order valence-corrected chi connectivity index (χ4v) is 5.30. The minimum absolute atomic E-state index is 0.00284. The molecule has 0 saturated carbocycles. The van der Waals surface area contributed by atoms with Crippen LogP contribution in [0.15, 0.2) is 82.0 Å². The molecule has 0 aliphatic carbocycles. The zero-order chi connectivity index (χ0) is 25.1. The maximum Gasteiger partial charge on any atom is 0.338 e. The minimum Gasteiger partial charge on any atom is -0.459 e. The molecule has 0 unspecified atom stereocenters. The molecule has 2 aliphatic rings. The summed E-state index contributed by atoms with van der Waals surface area (Å²) < 4.78 is 5.63. The Morgan fingerprint density at radius 2 is 1.77 bits per heavy atom. The van der Waals surface area contributed by atoms with E-state index in [0.717, 1.165) is 27.6 Å². The van der Waals surface area contributed by atoms with E-state index in [-0.39, 0.29) is 24.4 Å². The number of carbonyl (C=O) groups is 2. The van der Waals surface area contributed by atoms with E-state index >= 15 is 0 Å². The first-order chi connectivity index (χ1) is 16.8. The Labute approximate surface area is 211 Å². The number of aliphatic imine (C=N–C) groups is 1. The van der Waals surface area contributed by atoms with Crippen molar-refractivity contribution in [2.24, 2.45) is 4.99 Å². The van der Waals surface area contributed by atoms with E-state index in [1.165, 1.54) is 11.8 Å². The largest absolute Gasteiger partial charge is 0.459 e. The summed E-state index contributed by atoms with van der Waals surface area (Å²) in [5.41, 5.74) is 5.11. The number of thioether (sulfide) groups is 1. The van der Waals surface area contributed by atoms with Gasteiger partial charge in [0.05, 0.1) is 29.8 Å². The van der Waals surface area contributed by atoms with Crippen molar-refractivity contribution in [1.29, 1.82) is 0 Å². The minimum atomic E-state index is -0.413. The number of carbonyl (C=O) groups excluding carboxylic acids is 2. The smallest absolute Gasteiger partial charge is 0.338 e. The Morgan fingerprint density at radius 1 is 1.09 bits per heavy atom. The van der Waals surface area contributed by atoms with Crippen molar-refractivity contribution in [1.82, 2.24) is 9.80 Å². The van der Waals surface area contributed by atoms with Crippen LogP contribution in [0.2, 0.25) is 0 Å². The summed E-state index contributed by atoms with van der Waals surface area (Å²) in [5, 5.41) is 2.74. The zero-order valence-electron chi connectivity index (χ0n) is 20.8. The predicted molar refractivity (Wildman–Crippen MR) is 140 cm³/mol. The molecule has 0 fully saturated rings. The lowest BCUT2D eigenvalue weighted by atomic mass is 9.91. The molecule has 2 aromatic rings. The molecule has 35 heavy (non-hydrogen) atoms. The van der Waals surface area contributed by atoms with Crippen LogP contribution in [0.3, 0.4) is 0 Å². The number of rotatable bonds is 7. The van der Waals surface area contributed by atoms with Gasteiger partial charge in [0.25, 0.3) is 0 Å². The summed E-state index contributed by atoms with van der Waals surface area (Å²) >= 11 is 1.48. The lowest BCUT2D eigenvalue weighted by Gasteiger charge is -2.37. The zero-order valence-corrected chi connectivity index (χ0v) is 21.6. The van der Waals surface area contributed by atoms with Gasteiger partial charge in [-0.2, -0.15) is 0 Å². The molecule has 0 aromatic heterocycles. The number of hydrogen-bond donors (Lipinski definition) is 0. The van der Waals surface area contributed by atoms with Gasteiger partial charge < -0.3 is 14.5 Å². The van der Waals surface area contributed by atoms with E-state index in [1.54, 1.807) is 4.90 Å². The number of aryl methyl sites for hydroxylation is 1. The van der Waals surface area contributed by atoms with Crippen LogP contribution in [0.4, 0.5) is 0 Å². The van der Waals surface area contributed by atoms with Gasteiger partial charge in [-0.1, -0.05) is 66.4 Å². The van der Waals surface area contributed by atoms with Crippen molar-refractivity contribution in [3.63, 3.8) is 0 Å². The van der Waals surface area contributed by atoms with Gasteiger partial charge >= 0.3 is 5.97 Å². The molecule has 0 radical (unpaired) electrons. The van der Waals surface area contributed by atoms with Crippen LogP contribution in [0.25, 0.3) is 0 Å². The quantitative estimate of drug-likeness (QED) is 0.476. The Balaban J connectivity index is 1.65. The molecule has 2 aromatic carbocycles. The van der Waals surface area contributed by atoms with Crippen molar-refractivity contribution >= 4 is 28.8 Å². The van der Waals surface area contributed by atoms with Crippen molar-refractivity contribution in [3.8, 4) is 0 Å². The van der Waals surface area contributed by atoms with Gasteiger partial charge in [-0.25, -0.2) is 9.79 Å². The SMILES string of the molecule is CC1=C(C(=O)OC(C)C)[C@H](c2ccccc2C)N2C(CC(=O)N(C)Cc3ccccc3)=CSC2=N1. The number of amidine groups is 1. The average molecular weight is 490 g/mol.